The van der Waals surface area contributed by atoms with Crippen LogP contribution in [0.5, 0.6) is 0 Å². The van der Waals surface area contributed by atoms with E-state index in [9.17, 15) is 9.59 Å². The van der Waals surface area contributed by atoms with Crippen LogP contribution in [0.25, 0.3) is 0 Å². The second-order valence-corrected chi connectivity index (χ2v) is 6.91. The number of carbonyl (C=O) groups is 2. The van der Waals surface area contributed by atoms with Gasteiger partial charge in [0.25, 0.3) is 0 Å². The number of allylic oxidation sites excluding steroid dienone is 1. The molecule has 0 saturated carbocycles. The molecule has 0 saturated heterocycles. The lowest BCUT2D eigenvalue weighted by molar-refractivity contribution is -0.140. The van der Waals surface area contributed by atoms with Gasteiger partial charge in [0.15, 0.2) is 0 Å². The van der Waals surface area contributed by atoms with E-state index < -0.39 is 6.04 Å². The van der Waals surface area contributed by atoms with Crippen molar-refractivity contribution in [2.24, 2.45) is 0 Å². The van der Waals surface area contributed by atoms with E-state index in [-0.39, 0.29) is 17.9 Å². The van der Waals surface area contributed by atoms with Crippen molar-refractivity contribution in [3.63, 3.8) is 0 Å². The Labute approximate surface area is 158 Å². The molecule has 130 valence electrons. The van der Waals surface area contributed by atoms with Gasteiger partial charge in [0.05, 0.1) is 0 Å². The van der Waals surface area contributed by atoms with Crippen LogP contribution in [0, 0.1) is 3.57 Å². The summed E-state index contributed by atoms with van der Waals surface area (Å²) in [5.41, 5.74) is 0.824. The Kier molecular flexibility index (Phi) is 8.74. The van der Waals surface area contributed by atoms with Crippen LogP contribution in [0.15, 0.2) is 49.6 Å². The number of nitrogens with one attached hydrogen (secondary N) is 1. The molecule has 0 aromatic heterocycles. The molecule has 4 nitrogen and oxygen atoms in total. The molecule has 1 atom stereocenters. The van der Waals surface area contributed by atoms with Gasteiger partial charge in [-0.3, -0.25) is 9.59 Å². The summed E-state index contributed by atoms with van der Waals surface area (Å²) in [4.78, 5) is 27.1. The lowest BCUT2D eigenvalue weighted by Crippen LogP contribution is -2.45. The summed E-state index contributed by atoms with van der Waals surface area (Å²) < 4.78 is 0.949. The van der Waals surface area contributed by atoms with E-state index in [1.807, 2.05) is 38.1 Å². The molecule has 0 radical (unpaired) electrons. The molecule has 0 aliphatic heterocycles. The van der Waals surface area contributed by atoms with Crippen molar-refractivity contribution in [2.45, 2.75) is 38.8 Å². The zero-order valence-corrected chi connectivity index (χ0v) is 16.5. The Balaban J connectivity index is 3.28. The maximum atomic E-state index is 12.8. The highest BCUT2D eigenvalue weighted by atomic mass is 127. The van der Waals surface area contributed by atoms with Crippen LogP contribution in [-0.2, 0) is 9.59 Å². The van der Waals surface area contributed by atoms with Gasteiger partial charge in [-0.15, -0.1) is 13.2 Å². The highest BCUT2D eigenvalue weighted by molar-refractivity contribution is 14.1. The first-order chi connectivity index (χ1) is 11.4. The highest BCUT2D eigenvalue weighted by Gasteiger charge is 2.31. The molecule has 24 heavy (non-hydrogen) atoms. The maximum absolute atomic E-state index is 12.8. The minimum atomic E-state index is -0.671. The Hall–Kier alpha value is -1.63. The monoisotopic (exact) mass is 440 g/mol. The number of halogens is 1. The quantitative estimate of drug-likeness (QED) is 0.469. The van der Waals surface area contributed by atoms with Gasteiger partial charge >= 0.3 is 0 Å². The fraction of sp³-hybridized carbons (Fsp3) is 0.368. The average Bonchev–Trinajstić information content (AvgIpc) is 2.53. The Morgan fingerprint density at radius 2 is 1.92 bits per heavy atom. The van der Waals surface area contributed by atoms with E-state index in [4.69, 9.17) is 0 Å². The lowest BCUT2D eigenvalue weighted by atomic mass is 10.0. The van der Waals surface area contributed by atoms with E-state index in [0.717, 1.165) is 9.13 Å². The number of hydrogen-bond acceptors (Lipinski definition) is 2. The predicted molar refractivity (Wildman–Crippen MR) is 107 cm³/mol. The van der Waals surface area contributed by atoms with Gasteiger partial charge in [0.1, 0.15) is 6.04 Å². The molecular formula is C19H25IN2O2. The Morgan fingerprint density at radius 3 is 2.46 bits per heavy atom. The van der Waals surface area contributed by atoms with E-state index in [2.05, 4.69) is 41.1 Å². The summed E-state index contributed by atoms with van der Waals surface area (Å²) in [6.07, 6.45) is 4.26. The first-order valence-corrected chi connectivity index (χ1v) is 9.06. The highest BCUT2D eigenvalue weighted by Crippen LogP contribution is 2.27. The van der Waals surface area contributed by atoms with E-state index in [0.29, 0.717) is 19.4 Å². The third kappa shape index (κ3) is 5.78. The smallest absolute Gasteiger partial charge is 0.247 e. The molecule has 1 rings (SSSR count). The van der Waals surface area contributed by atoms with Crippen molar-refractivity contribution in [1.82, 2.24) is 10.2 Å². The molecule has 5 heteroatoms. The van der Waals surface area contributed by atoms with Crippen molar-refractivity contribution in [3.8, 4) is 0 Å². The summed E-state index contributed by atoms with van der Waals surface area (Å²) in [5.74, 6) is -0.263. The van der Waals surface area contributed by atoms with Gasteiger partial charge in [0.2, 0.25) is 11.8 Å². The molecule has 0 heterocycles. The van der Waals surface area contributed by atoms with Crippen molar-refractivity contribution >= 4 is 34.4 Å². The molecule has 1 aromatic carbocycles. The van der Waals surface area contributed by atoms with Gasteiger partial charge in [-0.1, -0.05) is 30.4 Å². The summed E-state index contributed by atoms with van der Waals surface area (Å²) in [6.45, 7) is 11.5. The normalized spacial score (nSPS) is 11.7. The largest absolute Gasteiger partial charge is 0.352 e. The second kappa shape index (κ2) is 10.3. The number of carbonyl (C=O) groups excluding carboxylic acids is 2. The second-order valence-electron chi connectivity index (χ2n) is 5.75. The van der Waals surface area contributed by atoms with Crippen molar-refractivity contribution < 1.29 is 9.59 Å². The predicted octanol–water partition coefficient (Wildman–Crippen LogP) is 3.84. The van der Waals surface area contributed by atoms with Crippen LogP contribution in [0.3, 0.4) is 0 Å². The first-order valence-electron chi connectivity index (χ1n) is 7.98. The molecule has 1 aromatic rings. The van der Waals surface area contributed by atoms with Crippen LogP contribution in [0.2, 0.25) is 0 Å². The average molecular weight is 440 g/mol. The SMILES string of the molecule is C=CCCC(=O)N(CC=C)C(C(=O)NC(C)C)c1ccccc1I. The van der Waals surface area contributed by atoms with Crippen LogP contribution < -0.4 is 5.32 Å². The minimum absolute atomic E-state index is 0.00442. The van der Waals surface area contributed by atoms with Crippen LogP contribution in [-0.4, -0.2) is 29.3 Å². The zero-order valence-electron chi connectivity index (χ0n) is 14.3. The first kappa shape index (κ1) is 20.4. The molecule has 0 spiro atoms. The van der Waals surface area contributed by atoms with E-state index in [1.54, 1.807) is 17.1 Å². The van der Waals surface area contributed by atoms with Gasteiger partial charge in [-0.25, -0.2) is 0 Å². The molecule has 1 N–H and O–H groups in total. The van der Waals surface area contributed by atoms with Gasteiger partial charge < -0.3 is 10.2 Å². The molecule has 0 bridgehead atoms. The van der Waals surface area contributed by atoms with Gasteiger partial charge in [0, 0.05) is 22.6 Å². The Bertz CT molecular complexity index is 599. The maximum Gasteiger partial charge on any atom is 0.247 e. The van der Waals surface area contributed by atoms with Crippen molar-refractivity contribution in [3.05, 3.63) is 58.7 Å². The molecular weight excluding hydrogens is 415 g/mol. The lowest BCUT2D eigenvalue weighted by Gasteiger charge is -2.31. The van der Waals surface area contributed by atoms with E-state index in [1.165, 1.54) is 0 Å². The Morgan fingerprint density at radius 1 is 1.25 bits per heavy atom. The fourth-order valence-corrected chi connectivity index (χ4v) is 3.05. The number of hydrogen-bond donors (Lipinski definition) is 1. The molecule has 0 aliphatic carbocycles. The molecule has 0 fully saturated rings. The summed E-state index contributed by atoms with van der Waals surface area (Å²) in [6, 6.07) is 6.95. The summed E-state index contributed by atoms with van der Waals surface area (Å²) in [5, 5.41) is 2.93. The third-order valence-corrected chi connectivity index (χ3v) is 4.38. The minimum Gasteiger partial charge on any atom is -0.352 e. The third-order valence-electron chi connectivity index (χ3n) is 3.40. The fourth-order valence-electron chi connectivity index (χ4n) is 2.37. The van der Waals surface area contributed by atoms with Gasteiger partial charge in [-0.05, 0) is 54.5 Å². The number of nitrogens with zero attached hydrogens (tertiary/aromatic N) is 1. The summed E-state index contributed by atoms with van der Waals surface area (Å²) >= 11 is 2.20. The molecule has 0 aliphatic rings. The van der Waals surface area contributed by atoms with E-state index >= 15 is 0 Å². The number of benzene rings is 1. The molecule has 1 unspecified atom stereocenters. The standard InChI is InChI=1S/C19H25IN2O2/c1-5-7-12-17(23)22(13-6-2)18(19(24)21-14(3)4)15-10-8-9-11-16(15)20/h5-6,8-11,14,18H,1-2,7,12-13H2,3-4H3,(H,21,24). The molecule has 2 amide bonds. The zero-order chi connectivity index (χ0) is 18.1. The van der Waals surface area contributed by atoms with Crippen molar-refractivity contribution in [2.75, 3.05) is 6.54 Å². The summed E-state index contributed by atoms with van der Waals surface area (Å²) in [7, 11) is 0. The van der Waals surface area contributed by atoms with Crippen LogP contribution in [0.1, 0.15) is 38.3 Å². The number of amides is 2. The van der Waals surface area contributed by atoms with Gasteiger partial charge in [-0.2, -0.15) is 0 Å². The number of rotatable bonds is 9. The van der Waals surface area contributed by atoms with Crippen molar-refractivity contribution in [1.29, 1.82) is 0 Å². The van der Waals surface area contributed by atoms with Crippen LogP contribution >= 0.6 is 22.6 Å². The van der Waals surface area contributed by atoms with Crippen LogP contribution in [0.4, 0.5) is 0 Å². The topological polar surface area (TPSA) is 49.4 Å².